The zero-order chi connectivity index (χ0) is 14.7. The number of hydrogen-bond donors (Lipinski definition) is 1. The predicted molar refractivity (Wildman–Crippen MR) is 82.0 cm³/mol. The zero-order valence-electron chi connectivity index (χ0n) is 12.1. The van der Waals surface area contributed by atoms with E-state index in [1.165, 1.54) is 11.6 Å². The first-order valence-electron chi connectivity index (χ1n) is 7.34. The van der Waals surface area contributed by atoms with E-state index in [9.17, 15) is 4.39 Å². The molecule has 0 bridgehead atoms. The van der Waals surface area contributed by atoms with Crippen LogP contribution in [0.2, 0.25) is 0 Å². The lowest BCUT2D eigenvalue weighted by Gasteiger charge is -2.18. The summed E-state index contributed by atoms with van der Waals surface area (Å²) in [5, 5.41) is 3.20. The van der Waals surface area contributed by atoms with Crippen molar-refractivity contribution in [2.75, 3.05) is 23.3 Å². The fourth-order valence-corrected chi connectivity index (χ4v) is 2.56. The van der Waals surface area contributed by atoms with Crippen LogP contribution in [0.15, 0.2) is 30.6 Å². The van der Waals surface area contributed by atoms with Gasteiger partial charge in [0.1, 0.15) is 11.6 Å². The Bertz CT molecular complexity index is 612. The summed E-state index contributed by atoms with van der Waals surface area (Å²) in [6, 6.07) is 5.00. The van der Waals surface area contributed by atoms with Gasteiger partial charge in [0.05, 0.1) is 24.6 Å². The van der Waals surface area contributed by atoms with E-state index in [1.807, 2.05) is 6.07 Å². The Kier molecular flexibility index (Phi) is 3.99. The van der Waals surface area contributed by atoms with Crippen LogP contribution in [0.5, 0.6) is 0 Å². The van der Waals surface area contributed by atoms with Gasteiger partial charge in [-0.1, -0.05) is 13.0 Å². The average Bonchev–Trinajstić information content (AvgIpc) is 2.89. The summed E-state index contributed by atoms with van der Waals surface area (Å²) in [6.45, 7) is 4.57. The molecule has 3 rings (SSSR count). The maximum atomic E-state index is 13.4. The molecule has 5 heteroatoms. The van der Waals surface area contributed by atoms with E-state index in [2.05, 4.69) is 27.1 Å². The highest BCUT2D eigenvalue weighted by molar-refractivity contribution is 5.58. The van der Waals surface area contributed by atoms with Gasteiger partial charge in [0.15, 0.2) is 0 Å². The highest BCUT2D eigenvalue weighted by atomic mass is 19.1. The first-order valence-corrected chi connectivity index (χ1v) is 7.34. The van der Waals surface area contributed by atoms with Crippen LogP contribution < -0.4 is 10.2 Å². The van der Waals surface area contributed by atoms with Crippen molar-refractivity contribution >= 4 is 11.5 Å². The van der Waals surface area contributed by atoms with Crippen molar-refractivity contribution in [3.05, 3.63) is 47.7 Å². The van der Waals surface area contributed by atoms with Crippen LogP contribution in [0.25, 0.3) is 0 Å². The van der Waals surface area contributed by atoms with E-state index in [0.29, 0.717) is 6.54 Å². The Morgan fingerprint density at radius 2 is 2.19 bits per heavy atom. The van der Waals surface area contributed by atoms with Gasteiger partial charge in [-0.3, -0.25) is 4.98 Å². The molecule has 0 aliphatic carbocycles. The van der Waals surface area contributed by atoms with Crippen LogP contribution in [-0.4, -0.2) is 23.1 Å². The minimum atomic E-state index is -0.189. The summed E-state index contributed by atoms with van der Waals surface area (Å²) < 4.78 is 13.4. The number of rotatable bonds is 5. The molecule has 110 valence electrons. The van der Waals surface area contributed by atoms with Gasteiger partial charge in [-0.05, 0) is 30.5 Å². The van der Waals surface area contributed by atoms with E-state index in [0.717, 1.165) is 43.1 Å². The number of halogens is 1. The molecule has 0 unspecified atom stereocenters. The third kappa shape index (κ3) is 3.12. The molecule has 0 saturated carbocycles. The number of anilines is 2. The quantitative estimate of drug-likeness (QED) is 0.917. The van der Waals surface area contributed by atoms with Crippen molar-refractivity contribution in [1.82, 2.24) is 9.97 Å². The maximum absolute atomic E-state index is 13.4. The molecule has 1 aromatic carbocycles. The predicted octanol–water partition coefficient (Wildman–Crippen LogP) is 3.00. The van der Waals surface area contributed by atoms with Gasteiger partial charge in [0.25, 0.3) is 0 Å². The van der Waals surface area contributed by atoms with E-state index in [1.54, 1.807) is 18.5 Å². The summed E-state index contributed by atoms with van der Waals surface area (Å²) in [5.74, 6) is 0.610. The molecular weight excluding hydrogens is 267 g/mol. The third-order valence-corrected chi connectivity index (χ3v) is 3.65. The van der Waals surface area contributed by atoms with Crippen LogP contribution >= 0.6 is 0 Å². The Morgan fingerprint density at radius 1 is 1.29 bits per heavy atom. The lowest BCUT2D eigenvalue weighted by molar-refractivity contribution is 0.627. The first-order chi connectivity index (χ1) is 10.3. The Morgan fingerprint density at radius 3 is 2.95 bits per heavy atom. The van der Waals surface area contributed by atoms with Crippen LogP contribution in [0.1, 0.15) is 24.6 Å². The SMILES string of the molecule is CCCNc1cnc(CN2CCc3ccc(F)cc32)cn1. The van der Waals surface area contributed by atoms with E-state index >= 15 is 0 Å². The minimum absolute atomic E-state index is 0.189. The highest BCUT2D eigenvalue weighted by Crippen LogP contribution is 2.29. The second kappa shape index (κ2) is 6.08. The van der Waals surface area contributed by atoms with Gasteiger partial charge in [-0.15, -0.1) is 0 Å². The molecule has 1 aliphatic heterocycles. The number of aromatic nitrogens is 2. The molecule has 1 aliphatic rings. The minimum Gasteiger partial charge on any atom is -0.369 e. The molecule has 0 atom stereocenters. The molecule has 0 fully saturated rings. The normalized spacial score (nSPS) is 13.3. The largest absolute Gasteiger partial charge is 0.369 e. The van der Waals surface area contributed by atoms with Crippen LogP contribution in [0.3, 0.4) is 0 Å². The molecule has 0 amide bonds. The van der Waals surface area contributed by atoms with Crippen molar-refractivity contribution in [2.45, 2.75) is 26.3 Å². The summed E-state index contributed by atoms with van der Waals surface area (Å²) in [5.41, 5.74) is 3.07. The van der Waals surface area contributed by atoms with Crippen molar-refractivity contribution < 1.29 is 4.39 Å². The molecule has 0 spiro atoms. The monoisotopic (exact) mass is 286 g/mol. The molecule has 4 nitrogen and oxygen atoms in total. The Labute approximate surface area is 124 Å². The Balaban J connectivity index is 1.69. The molecule has 21 heavy (non-hydrogen) atoms. The van der Waals surface area contributed by atoms with Gasteiger partial charge in [0, 0.05) is 18.8 Å². The lowest BCUT2D eigenvalue weighted by atomic mass is 10.2. The third-order valence-electron chi connectivity index (χ3n) is 3.65. The van der Waals surface area contributed by atoms with Gasteiger partial charge < -0.3 is 10.2 Å². The molecular formula is C16H19FN4. The first kappa shape index (κ1) is 13.8. The van der Waals surface area contributed by atoms with Gasteiger partial charge in [0.2, 0.25) is 0 Å². The maximum Gasteiger partial charge on any atom is 0.144 e. The molecule has 2 aromatic rings. The standard InChI is InChI=1S/C16H19FN4/c1-2-6-18-16-10-19-14(9-20-16)11-21-7-5-12-3-4-13(17)8-15(12)21/h3-4,8-10H,2,5-7,11H2,1H3,(H,18,20). The van der Waals surface area contributed by atoms with Crippen molar-refractivity contribution in [3.63, 3.8) is 0 Å². The van der Waals surface area contributed by atoms with E-state index in [4.69, 9.17) is 0 Å². The molecule has 1 aromatic heterocycles. The number of nitrogens with zero attached hydrogens (tertiary/aromatic N) is 3. The molecule has 0 radical (unpaired) electrons. The van der Waals surface area contributed by atoms with Crippen LogP contribution in [0, 0.1) is 5.82 Å². The number of benzene rings is 1. The second-order valence-electron chi connectivity index (χ2n) is 5.26. The van der Waals surface area contributed by atoms with Crippen LogP contribution in [0.4, 0.5) is 15.9 Å². The second-order valence-corrected chi connectivity index (χ2v) is 5.26. The highest BCUT2D eigenvalue weighted by Gasteiger charge is 2.20. The van der Waals surface area contributed by atoms with Gasteiger partial charge in [-0.2, -0.15) is 0 Å². The van der Waals surface area contributed by atoms with Crippen molar-refractivity contribution in [2.24, 2.45) is 0 Å². The summed E-state index contributed by atoms with van der Waals surface area (Å²) in [7, 11) is 0. The Hall–Kier alpha value is -2.17. The van der Waals surface area contributed by atoms with Gasteiger partial charge in [-0.25, -0.2) is 9.37 Å². The fourth-order valence-electron chi connectivity index (χ4n) is 2.56. The van der Waals surface area contributed by atoms with Crippen LogP contribution in [-0.2, 0) is 13.0 Å². The van der Waals surface area contributed by atoms with Crippen molar-refractivity contribution in [1.29, 1.82) is 0 Å². The topological polar surface area (TPSA) is 41.1 Å². The summed E-state index contributed by atoms with van der Waals surface area (Å²) >= 11 is 0. The average molecular weight is 286 g/mol. The molecule has 1 N–H and O–H groups in total. The van der Waals surface area contributed by atoms with E-state index in [-0.39, 0.29) is 5.82 Å². The fraction of sp³-hybridized carbons (Fsp3) is 0.375. The number of nitrogens with one attached hydrogen (secondary N) is 1. The summed E-state index contributed by atoms with van der Waals surface area (Å²) in [6.07, 6.45) is 5.56. The molecule has 2 heterocycles. The lowest BCUT2D eigenvalue weighted by Crippen LogP contribution is -2.20. The smallest absolute Gasteiger partial charge is 0.144 e. The summed E-state index contributed by atoms with van der Waals surface area (Å²) in [4.78, 5) is 10.9. The van der Waals surface area contributed by atoms with E-state index < -0.39 is 0 Å². The zero-order valence-corrected chi connectivity index (χ0v) is 12.1. The molecule has 0 saturated heterocycles. The number of fused-ring (bicyclic) bond motifs is 1. The number of hydrogen-bond acceptors (Lipinski definition) is 4. The van der Waals surface area contributed by atoms with Crippen molar-refractivity contribution in [3.8, 4) is 0 Å². The van der Waals surface area contributed by atoms with Gasteiger partial charge >= 0.3 is 0 Å².